The van der Waals surface area contributed by atoms with Crippen LogP contribution >= 0.6 is 0 Å². The molecule has 212 valence electrons. The molecular weight excluding hydrogens is 544 g/mol. The highest BCUT2D eigenvalue weighted by molar-refractivity contribution is 5.67. The van der Waals surface area contributed by atoms with Gasteiger partial charge in [0.05, 0.1) is 11.1 Å². The Morgan fingerprint density at radius 2 is 1.50 bits per heavy atom. The summed E-state index contributed by atoms with van der Waals surface area (Å²) >= 11 is 0. The molecule has 0 N–H and O–H groups in total. The van der Waals surface area contributed by atoms with E-state index >= 15 is 0 Å². The molecule has 10 heteroatoms. The first-order valence-electron chi connectivity index (χ1n) is 12.4. The average molecular weight is 569 g/mol. The second-order valence-corrected chi connectivity index (χ2v) is 9.43. The Bertz CT molecular complexity index is 1400. The van der Waals surface area contributed by atoms with Crippen molar-refractivity contribution in [3.8, 4) is 22.6 Å². The lowest BCUT2D eigenvalue weighted by Crippen LogP contribution is -2.24. The average Bonchev–Trinajstić information content (AvgIpc) is 2.88. The zero-order chi connectivity index (χ0) is 29.0. The summed E-state index contributed by atoms with van der Waals surface area (Å²) in [5, 5.41) is 0. The molecule has 40 heavy (non-hydrogen) atoms. The van der Waals surface area contributed by atoms with Crippen molar-refractivity contribution < 1.29 is 44.6 Å². The van der Waals surface area contributed by atoms with E-state index in [0.717, 1.165) is 49.9 Å². The number of benzene rings is 3. The molecular formula is C30H24F8O2. The minimum Gasteiger partial charge on any atom is -0.456 e. The van der Waals surface area contributed by atoms with Gasteiger partial charge in [-0.05, 0) is 79.8 Å². The predicted molar refractivity (Wildman–Crippen MR) is 133 cm³/mol. The van der Waals surface area contributed by atoms with Gasteiger partial charge in [-0.2, -0.15) is 17.6 Å². The molecule has 1 aliphatic rings. The van der Waals surface area contributed by atoms with Crippen molar-refractivity contribution in [2.45, 2.75) is 44.6 Å². The summed E-state index contributed by atoms with van der Waals surface area (Å²) in [4.78, 5) is 0. The van der Waals surface area contributed by atoms with Crippen LogP contribution in [0.25, 0.3) is 11.1 Å². The Morgan fingerprint density at radius 3 is 2.08 bits per heavy atom. The molecule has 1 fully saturated rings. The number of alkyl halides is 2. The zero-order valence-corrected chi connectivity index (χ0v) is 21.2. The van der Waals surface area contributed by atoms with Gasteiger partial charge in [0.15, 0.2) is 17.8 Å². The largest absolute Gasteiger partial charge is 0.456 e. The van der Waals surface area contributed by atoms with E-state index in [1.165, 1.54) is 6.07 Å². The fourth-order valence-corrected chi connectivity index (χ4v) is 4.89. The summed E-state index contributed by atoms with van der Waals surface area (Å²) in [5.41, 5.74) is -1.65. The van der Waals surface area contributed by atoms with Gasteiger partial charge in [-0.15, -0.1) is 0 Å². The quantitative estimate of drug-likeness (QED) is 0.153. The van der Waals surface area contributed by atoms with Gasteiger partial charge in [0.1, 0.15) is 23.2 Å². The Labute approximate surface area is 225 Å². The monoisotopic (exact) mass is 568 g/mol. The summed E-state index contributed by atoms with van der Waals surface area (Å²) in [5.74, 6) is -6.26. The minimum absolute atomic E-state index is 0.0155. The van der Waals surface area contributed by atoms with Crippen molar-refractivity contribution in [1.82, 2.24) is 0 Å². The van der Waals surface area contributed by atoms with Crippen LogP contribution in [0.2, 0.25) is 0 Å². The molecule has 1 aliphatic carbocycles. The van der Waals surface area contributed by atoms with Crippen molar-refractivity contribution >= 4 is 0 Å². The van der Waals surface area contributed by atoms with Crippen LogP contribution in [0.15, 0.2) is 73.0 Å². The molecule has 0 spiro atoms. The maximum absolute atomic E-state index is 14.9. The first-order valence-corrected chi connectivity index (χ1v) is 12.4. The second kappa shape index (κ2) is 12.1. The maximum atomic E-state index is 14.9. The number of hydrogen-bond acceptors (Lipinski definition) is 2. The van der Waals surface area contributed by atoms with E-state index in [4.69, 9.17) is 0 Å². The number of allylic oxidation sites excluding steroid dienone is 2. The molecule has 0 saturated heterocycles. The standard InChI is InChI=1S/C30H24F8O2/c1-2-3-17-4-6-18(7-5-17)19-8-10-22(23(31)12-19)30(37,38)40-21-14-25(33)29(26(34)15-21)20-9-11-27(24(32)13-20)39-16-28(35)36/h2-3,8-18H,4-7H2,1H3. The molecule has 4 rings (SSSR count). The van der Waals surface area contributed by atoms with E-state index in [0.29, 0.717) is 29.7 Å². The predicted octanol–water partition coefficient (Wildman–Crippen LogP) is 10.0. The van der Waals surface area contributed by atoms with E-state index in [2.05, 4.69) is 15.5 Å². The highest BCUT2D eigenvalue weighted by atomic mass is 19.3. The second-order valence-electron chi connectivity index (χ2n) is 9.43. The van der Waals surface area contributed by atoms with E-state index in [9.17, 15) is 35.1 Å². The molecule has 3 aromatic carbocycles. The Hall–Kier alpha value is -3.82. The highest BCUT2D eigenvalue weighted by Gasteiger charge is 2.38. The summed E-state index contributed by atoms with van der Waals surface area (Å²) in [7, 11) is 0. The molecule has 0 atom stereocenters. The molecule has 0 aromatic heterocycles. The smallest absolute Gasteiger partial charge is 0.429 e. The molecule has 1 saturated carbocycles. The van der Waals surface area contributed by atoms with Gasteiger partial charge >= 0.3 is 12.2 Å². The van der Waals surface area contributed by atoms with Crippen molar-refractivity contribution in [1.29, 1.82) is 0 Å². The van der Waals surface area contributed by atoms with E-state index in [1.54, 1.807) is 0 Å². The topological polar surface area (TPSA) is 18.5 Å². The molecule has 0 unspecified atom stereocenters. The first kappa shape index (κ1) is 29.2. The fourth-order valence-electron chi connectivity index (χ4n) is 4.89. The van der Waals surface area contributed by atoms with Crippen LogP contribution in [0.3, 0.4) is 0 Å². The third-order valence-electron chi connectivity index (χ3n) is 6.77. The Kier molecular flexibility index (Phi) is 8.85. The molecule has 0 heterocycles. The summed E-state index contributed by atoms with van der Waals surface area (Å²) in [6, 6.07) is 6.72. The van der Waals surface area contributed by atoms with Crippen molar-refractivity contribution in [2.75, 3.05) is 0 Å². The molecule has 3 aromatic rings. The lowest BCUT2D eigenvalue weighted by molar-refractivity contribution is -0.187. The normalized spacial score (nSPS) is 17.6. The van der Waals surface area contributed by atoms with Gasteiger partial charge in [-0.1, -0.05) is 24.3 Å². The Balaban J connectivity index is 1.52. The fraction of sp³-hybridized carbons (Fsp3) is 0.267. The van der Waals surface area contributed by atoms with Crippen LogP contribution in [-0.4, -0.2) is 0 Å². The van der Waals surface area contributed by atoms with E-state index in [1.807, 2.05) is 13.0 Å². The summed E-state index contributed by atoms with van der Waals surface area (Å²) in [6.07, 6.45) is 0.992. The van der Waals surface area contributed by atoms with Gasteiger partial charge in [-0.3, -0.25) is 0 Å². The number of halogens is 8. The third-order valence-corrected chi connectivity index (χ3v) is 6.77. The van der Waals surface area contributed by atoms with Gasteiger partial charge in [0, 0.05) is 12.1 Å². The molecule has 0 bridgehead atoms. The Morgan fingerprint density at radius 1 is 0.825 bits per heavy atom. The third kappa shape index (κ3) is 6.66. The first-order chi connectivity index (χ1) is 19.0. The van der Waals surface area contributed by atoms with Gasteiger partial charge in [0.25, 0.3) is 0 Å². The lowest BCUT2D eigenvalue weighted by atomic mass is 9.78. The van der Waals surface area contributed by atoms with Crippen LogP contribution in [0.4, 0.5) is 35.1 Å². The van der Waals surface area contributed by atoms with E-state index in [-0.39, 0.29) is 17.7 Å². The van der Waals surface area contributed by atoms with Crippen LogP contribution < -0.4 is 9.47 Å². The van der Waals surface area contributed by atoms with Gasteiger partial charge < -0.3 is 9.47 Å². The SMILES string of the molecule is CC=CC1CCC(c2ccc(C(F)(F)Oc3cc(F)c(-c4ccc(OC=C(F)F)c(F)c4)c(F)c3)c(F)c2)CC1. The lowest BCUT2D eigenvalue weighted by Gasteiger charge is -2.27. The zero-order valence-electron chi connectivity index (χ0n) is 21.2. The van der Waals surface area contributed by atoms with Gasteiger partial charge in [0.2, 0.25) is 0 Å². The van der Waals surface area contributed by atoms with Crippen LogP contribution in [-0.2, 0) is 6.11 Å². The van der Waals surface area contributed by atoms with Crippen molar-refractivity contribution in [2.24, 2.45) is 5.92 Å². The molecule has 0 aliphatic heterocycles. The van der Waals surface area contributed by atoms with E-state index < -0.39 is 58.1 Å². The molecule has 0 radical (unpaired) electrons. The van der Waals surface area contributed by atoms with Gasteiger partial charge in [-0.25, -0.2) is 17.6 Å². The molecule has 2 nitrogen and oxygen atoms in total. The van der Waals surface area contributed by atoms with Crippen molar-refractivity contribution in [3.05, 3.63) is 107 Å². The van der Waals surface area contributed by atoms with Crippen LogP contribution in [0.1, 0.15) is 49.7 Å². The highest BCUT2D eigenvalue weighted by Crippen LogP contribution is 2.40. The summed E-state index contributed by atoms with van der Waals surface area (Å²) in [6.45, 7) is 1.94. The van der Waals surface area contributed by atoms with Crippen LogP contribution in [0.5, 0.6) is 11.5 Å². The van der Waals surface area contributed by atoms with Crippen molar-refractivity contribution in [3.63, 3.8) is 0 Å². The number of hydrogen-bond donors (Lipinski definition) is 0. The maximum Gasteiger partial charge on any atom is 0.429 e. The number of rotatable bonds is 8. The van der Waals surface area contributed by atoms with Crippen LogP contribution in [0, 0.1) is 29.2 Å². The summed E-state index contributed by atoms with van der Waals surface area (Å²) < 4.78 is 122. The molecule has 0 amide bonds. The minimum atomic E-state index is -4.27. The number of ether oxygens (including phenoxy) is 2.